The van der Waals surface area contributed by atoms with E-state index in [1.54, 1.807) is 0 Å². The van der Waals surface area contributed by atoms with Gasteiger partial charge in [-0.1, -0.05) is 38.5 Å². The van der Waals surface area contributed by atoms with E-state index >= 15 is 0 Å². The highest BCUT2D eigenvalue weighted by Crippen LogP contribution is 2.61. The molecule has 0 spiro atoms. The molecule has 0 unspecified atom stereocenters. The van der Waals surface area contributed by atoms with E-state index in [9.17, 15) is 9.59 Å². The summed E-state index contributed by atoms with van der Waals surface area (Å²) < 4.78 is 0. The molecule has 0 N–H and O–H groups in total. The van der Waals surface area contributed by atoms with Crippen LogP contribution in [-0.4, -0.2) is 11.9 Å². The van der Waals surface area contributed by atoms with Gasteiger partial charge in [0.25, 0.3) is 0 Å². The molecule has 0 aromatic rings. The standard InChI is InChI=1S/C20H32O5/c1-19(2)18(22)24-25-23-17(21)13-14-20(19,15-9-5-3-6-10-15)16-11-7-4-8-12-16/h15-16H,3-14H2,1-2H3. The van der Waals surface area contributed by atoms with Gasteiger partial charge in [-0.15, -0.1) is 0 Å². The number of carbonyl (C=O) groups is 2. The van der Waals surface area contributed by atoms with Crippen LogP contribution in [-0.2, 0) is 24.4 Å². The van der Waals surface area contributed by atoms with Crippen LogP contribution in [0.3, 0.4) is 0 Å². The van der Waals surface area contributed by atoms with Crippen LogP contribution in [0.4, 0.5) is 0 Å². The smallest absolute Gasteiger partial charge is 0.260 e. The van der Waals surface area contributed by atoms with Crippen molar-refractivity contribution < 1.29 is 24.4 Å². The van der Waals surface area contributed by atoms with Crippen LogP contribution >= 0.6 is 0 Å². The van der Waals surface area contributed by atoms with Crippen LogP contribution in [0.15, 0.2) is 0 Å². The Balaban J connectivity index is 2.05. The third-order valence-corrected chi connectivity index (χ3v) is 7.32. The minimum atomic E-state index is -0.703. The van der Waals surface area contributed by atoms with Crippen molar-refractivity contribution in [2.75, 3.05) is 0 Å². The van der Waals surface area contributed by atoms with Crippen molar-refractivity contribution in [3.05, 3.63) is 0 Å². The van der Waals surface area contributed by atoms with E-state index in [0.717, 1.165) is 25.7 Å². The van der Waals surface area contributed by atoms with Gasteiger partial charge in [-0.2, -0.15) is 0 Å². The fraction of sp³-hybridized carbons (Fsp3) is 0.900. The third-order valence-electron chi connectivity index (χ3n) is 7.32. The number of hydrogen-bond donors (Lipinski definition) is 0. The zero-order chi connectivity index (χ0) is 17.9. The van der Waals surface area contributed by atoms with Gasteiger partial charge in [-0.25, -0.2) is 9.59 Å². The summed E-state index contributed by atoms with van der Waals surface area (Å²) in [6, 6.07) is 0. The monoisotopic (exact) mass is 352 g/mol. The highest BCUT2D eigenvalue weighted by atomic mass is 17.5. The molecule has 1 heterocycles. The Morgan fingerprint density at radius 3 is 1.84 bits per heavy atom. The van der Waals surface area contributed by atoms with Crippen LogP contribution in [0.5, 0.6) is 0 Å². The van der Waals surface area contributed by atoms with Crippen LogP contribution in [0.1, 0.15) is 90.9 Å². The number of hydrogen-bond acceptors (Lipinski definition) is 5. The maximum Gasteiger partial charge on any atom is 0.352 e. The Labute approximate surface area is 150 Å². The molecule has 1 aliphatic heterocycles. The lowest BCUT2D eigenvalue weighted by atomic mass is 9.47. The predicted octanol–water partition coefficient (Wildman–Crippen LogP) is 4.89. The van der Waals surface area contributed by atoms with Crippen molar-refractivity contribution in [1.29, 1.82) is 0 Å². The van der Waals surface area contributed by atoms with Crippen molar-refractivity contribution in [3.63, 3.8) is 0 Å². The number of rotatable bonds is 2. The van der Waals surface area contributed by atoms with Gasteiger partial charge >= 0.3 is 11.9 Å². The van der Waals surface area contributed by atoms with Gasteiger partial charge in [0.1, 0.15) is 0 Å². The minimum Gasteiger partial charge on any atom is -0.260 e. The largest absolute Gasteiger partial charge is 0.352 e. The van der Waals surface area contributed by atoms with Crippen LogP contribution in [0, 0.1) is 22.7 Å². The quantitative estimate of drug-likeness (QED) is 0.662. The first-order chi connectivity index (χ1) is 12.0. The molecule has 142 valence electrons. The minimum absolute atomic E-state index is 0.225. The van der Waals surface area contributed by atoms with E-state index in [1.807, 2.05) is 13.8 Å². The van der Waals surface area contributed by atoms with Crippen molar-refractivity contribution in [1.82, 2.24) is 0 Å². The van der Waals surface area contributed by atoms with E-state index in [-0.39, 0.29) is 11.8 Å². The van der Waals surface area contributed by atoms with Crippen molar-refractivity contribution >= 4 is 11.9 Å². The predicted molar refractivity (Wildman–Crippen MR) is 91.9 cm³/mol. The first kappa shape index (κ1) is 18.7. The Morgan fingerprint density at radius 2 is 1.32 bits per heavy atom. The molecule has 0 amide bonds. The lowest BCUT2D eigenvalue weighted by Gasteiger charge is -2.56. The summed E-state index contributed by atoms with van der Waals surface area (Å²) in [5, 5.41) is 4.48. The summed E-state index contributed by atoms with van der Waals surface area (Å²) >= 11 is 0. The lowest BCUT2D eigenvalue weighted by molar-refractivity contribution is -0.462. The molecule has 3 aliphatic rings. The molecule has 0 radical (unpaired) electrons. The molecule has 3 fully saturated rings. The van der Waals surface area contributed by atoms with Gasteiger partial charge in [-0.05, 0) is 63.2 Å². The van der Waals surface area contributed by atoms with Crippen molar-refractivity contribution in [2.24, 2.45) is 22.7 Å². The third kappa shape index (κ3) is 3.44. The van der Waals surface area contributed by atoms with E-state index < -0.39 is 17.4 Å². The normalized spacial score (nSPS) is 29.0. The van der Waals surface area contributed by atoms with Crippen molar-refractivity contribution in [2.45, 2.75) is 90.9 Å². The maximum atomic E-state index is 12.9. The average Bonchev–Trinajstić information content (AvgIpc) is 2.67. The lowest BCUT2D eigenvalue weighted by Crippen LogP contribution is -2.54. The molecule has 5 nitrogen and oxygen atoms in total. The van der Waals surface area contributed by atoms with Gasteiger partial charge in [0, 0.05) is 11.5 Å². The van der Waals surface area contributed by atoms with Crippen LogP contribution in [0.2, 0.25) is 0 Å². The SMILES string of the molecule is CC1(C)C(=O)OOOC(=O)CCC1(C1CCCCC1)C1CCCCC1. The molecular weight excluding hydrogens is 320 g/mol. The fourth-order valence-electron chi connectivity index (χ4n) is 6.04. The topological polar surface area (TPSA) is 61.8 Å². The molecule has 3 rings (SSSR count). The van der Waals surface area contributed by atoms with E-state index in [0.29, 0.717) is 18.3 Å². The molecule has 0 aromatic carbocycles. The summed E-state index contributed by atoms with van der Waals surface area (Å²) in [6.45, 7) is 4.00. The molecule has 0 aromatic heterocycles. The second-order valence-corrected chi connectivity index (χ2v) is 8.73. The van der Waals surface area contributed by atoms with Crippen molar-refractivity contribution in [3.8, 4) is 0 Å². The van der Waals surface area contributed by atoms with Crippen LogP contribution in [0.25, 0.3) is 0 Å². The first-order valence-electron chi connectivity index (χ1n) is 10.1. The van der Waals surface area contributed by atoms with Gasteiger partial charge in [0.2, 0.25) is 0 Å². The van der Waals surface area contributed by atoms with Gasteiger partial charge in [0.05, 0.1) is 5.41 Å². The molecule has 2 aliphatic carbocycles. The molecule has 5 heteroatoms. The molecule has 25 heavy (non-hydrogen) atoms. The fourth-order valence-corrected chi connectivity index (χ4v) is 6.04. The van der Waals surface area contributed by atoms with Crippen LogP contribution < -0.4 is 0 Å². The zero-order valence-electron chi connectivity index (χ0n) is 15.7. The van der Waals surface area contributed by atoms with E-state index in [1.165, 1.54) is 38.5 Å². The summed E-state index contributed by atoms with van der Waals surface area (Å²) in [5.74, 6) is 0.0652. The van der Waals surface area contributed by atoms with Gasteiger partial charge in [-0.3, -0.25) is 9.78 Å². The highest BCUT2D eigenvalue weighted by molar-refractivity contribution is 5.77. The number of carbonyl (C=O) groups excluding carboxylic acids is 2. The average molecular weight is 352 g/mol. The Hall–Kier alpha value is -1.10. The van der Waals surface area contributed by atoms with E-state index in [4.69, 9.17) is 4.89 Å². The molecule has 2 saturated carbocycles. The Kier molecular flexibility index (Phi) is 5.71. The molecule has 1 saturated heterocycles. The van der Waals surface area contributed by atoms with Gasteiger partial charge < -0.3 is 0 Å². The Morgan fingerprint density at radius 1 is 0.800 bits per heavy atom. The molecule has 0 atom stereocenters. The second-order valence-electron chi connectivity index (χ2n) is 8.73. The zero-order valence-corrected chi connectivity index (χ0v) is 15.7. The highest BCUT2D eigenvalue weighted by Gasteiger charge is 2.59. The van der Waals surface area contributed by atoms with E-state index in [2.05, 4.69) is 9.93 Å². The second kappa shape index (κ2) is 7.65. The maximum absolute atomic E-state index is 12.9. The summed E-state index contributed by atoms with van der Waals surface area (Å²) in [5.41, 5.74) is -0.928. The Bertz CT molecular complexity index is 468. The summed E-state index contributed by atoms with van der Waals surface area (Å²) in [7, 11) is 0. The first-order valence-corrected chi connectivity index (χ1v) is 10.1. The molecular formula is C20H32O5. The summed E-state index contributed by atoms with van der Waals surface area (Å²) in [4.78, 5) is 34.4. The summed E-state index contributed by atoms with van der Waals surface area (Å²) in [6.07, 6.45) is 12.9. The molecule has 0 bridgehead atoms. The van der Waals surface area contributed by atoms with Gasteiger partial charge in [0.15, 0.2) is 0 Å².